The minimum absolute atomic E-state index is 0.173. The highest BCUT2D eigenvalue weighted by Gasteiger charge is 2.18. The van der Waals surface area contributed by atoms with Crippen LogP contribution in [-0.4, -0.2) is 24.2 Å². The van der Waals surface area contributed by atoms with Gasteiger partial charge in [0.15, 0.2) is 0 Å². The molecule has 0 radical (unpaired) electrons. The van der Waals surface area contributed by atoms with Gasteiger partial charge < -0.3 is 23.8 Å². The first-order valence-corrected chi connectivity index (χ1v) is 9.88. The number of furan rings is 1. The largest absolute Gasteiger partial charge is 0.497 e. The number of benzene rings is 2. The fourth-order valence-electron chi connectivity index (χ4n) is 3.52. The number of ether oxygens (including phenoxy) is 2. The summed E-state index contributed by atoms with van der Waals surface area (Å²) in [6.45, 7) is 3.36. The summed E-state index contributed by atoms with van der Waals surface area (Å²) in [6.07, 6.45) is 1.59. The number of methoxy groups -OCH3 is 1. The molecule has 0 bridgehead atoms. The Balaban J connectivity index is 1.73. The molecule has 2 aromatic carbocycles. The third-order valence-corrected chi connectivity index (χ3v) is 4.92. The molecule has 1 N–H and O–H groups in total. The summed E-state index contributed by atoms with van der Waals surface area (Å²) in [7, 11) is 1.64. The predicted octanol–water partition coefficient (Wildman–Crippen LogP) is 4.62. The van der Waals surface area contributed by atoms with Gasteiger partial charge in [-0.05, 0) is 55.0 Å². The number of amides is 1. The Morgan fingerprint density at radius 3 is 2.73 bits per heavy atom. The zero-order valence-electron chi connectivity index (χ0n) is 17.1. The van der Waals surface area contributed by atoms with Crippen LogP contribution in [0.3, 0.4) is 0 Å². The van der Waals surface area contributed by atoms with Gasteiger partial charge in [-0.2, -0.15) is 0 Å². The van der Waals surface area contributed by atoms with Gasteiger partial charge in [-0.1, -0.05) is 18.2 Å². The molecule has 154 valence electrons. The van der Waals surface area contributed by atoms with E-state index < -0.39 is 0 Å². The Bertz CT molecular complexity index is 1150. The maximum Gasteiger partial charge on any atom is 0.268 e. The van der Waals surface area contributed by atoms with Gasteiger partial charge in [0.1, 0.15) is 23.0 Å². The molecule has 6 heteroatoms. The second-order valence-corrected chi connectivity index (χ2v) is 6.85. The first-order chi connectivity index (χ1) is 14.7. The third-order valence-electron chi connectivity index (χ3n) is 4.92. The Morgan fingerprint density at radius 2 is 1.97 bits per heavy atom. The van der Waals surface area contributed by atoms with E-state index in [2.05, 4.69) is 5.32 Å². The van der Waals surface area contributed by atoms with Gasteiger partial charge in [0.2, 0.25) is 0 Å². The SMILES string of the molecule is CCOc1cccc2c1cc(C(=O)NCc1ccco1)n2Cc1cccc(OC)c1. The van der Waals surface area contributed by atoms with Crippen LogP contribution in [0.1, 0.15) is 28.7 Å². The predicted molar refractivity (Wildman–Crippen MR) is 115 cm³/mol. The van der Waals surface area contributed by atoms with Crippen molar-refractivity contribution in [2.24, 2.45) is 0 Å². The van der Waals surface area contributed by atoms with Gasteiger partial charge >= 0.3 is 0 Å². The molecule has 4 aromatic rings. The quantitative estimate of drug-likeness (QED) is 0.465. The molecule has 0 atom stereocenters. The van der Waals surface area contributed by atoms with Gasteiger partial charge in [-0.25, -0.2) is 0 Å². The van der Waals surface area contributed by atoms with Crippen LogP contribution < -0.4 is 14.8 Å². The minimum Gasteiger partial charge on any atom is -0.497 e. The second-order valence-electron chi connectivity index (χ2n) is 6.85. The first-order valence-electron chi connectivity index (χ1n) is 9.88. The van der Waals surface area contributed by atoms with Crippen LogP contribution in [0.2, 0.25) is 0 Å². The molecule has 0 aliphatic heterocycles. The number of carbonyl (C=O) groups is 1. The summed E-state index contributed by atoms with van der Waals surface area (Å²) >= 11 is 0. The molecule has 1 amide bonds. The van der Waals surface area contributed by atoms with Crippen LogP contribution in [0, 0.1) is 0 Å². The van der Waals surface area contributed by atoms with Crippen molar-refractivity contribution in [3.8, 4) is 11.5 Å². The summed E-state index contributed by atoms with van der Waals surface area (Å²) in [5.41, 5.74) is 2.53. The lowest BCUT2D eigenvalue weighted by Gasteiger charge is -2.12. The maximum atomic E-state index is 13.1. The van der Waals surface area contributed by atoms with Crippen molar-refractivity contribution in [1.29, 1.82) is 0 Å². The Hall–Kier alpha value is -3.67. The highest BCUT2D eigenvalue weighted by molar-refractivity contribution is 6.00. The van der Waals surface area contributed by atoms with Crippen LogP contribution >= 0.6 is 0 Å². The number of hydrogen-bond acceptors (Lipinski definition) is 4. The number of aromatic nitrogens is 1. The van der Waals surface area contributed by atoms with E-state index in [-0.39, 0.29) is 5.91 Å². The summed E-state index contributed by atoms with van der Waals surface area (Å²) in [5.74, 6) is 2.07. The molecule has 0 spiro atoms. The fraction of sp³-hybridized carbons (Fsp3) is 0.208. The van der Waals surface area contributed by atoms with Gasteiger partial charge in [-0.3, -0.25) is 4.79 Å². The van der Waals surface area contributed by atoms with E-state index in [0.717, 1.165) is 28.0 Å². The van der Waals surface area contributed by atoms with Gasteiger partial charge in [0.25, 0.3) is 5.91 Å². The standard InChI is InChI=1S/C24H24N2O4/c1-3-29-23-11-5-10-21-20(23)14-22(24(27)25-15-19-9-6-12-30-19)26(21)16-17-7-4-8-18(13-17)28-2/h4-14H,3,15-16H2,1-2H3,(H,25,27). The van der Waals surface area contributed by atoms with Crippen LogP contribution in [0.25, 0.3) is 10.9 Å². The molecule has 0 fully saturated rings. The van der Waals surface area contributed by atoms with Crippen molar-refractivity contribution in [2.45, 2.75) is 20.0 Å². The molecule has 30 heavy (non-hydrogen) atoms. The summed E-state index contributed by atoms with van der Waals surface area (Å²) in [5, 5.41) is 3.85. The summed E-state index contributed by atoms with van der Waals surface area (Å²) in [6, 6.07) is 19.2. The number of hydrogen-bond donors (Lipinski definition) is 1. The van der Waals surface area contributed by atoms with E-state index in [1.807, 2.05) is 66.1 Å². The van der Waals surface area contributed by atoms with E-state index in [1.54, 1.807) is 19.4 Å². The molecule has 6 nitrogen and oxygen atoms in total. The van der Waals surface area contributed by atoms with E-state index in [9.17, 15) is 4.79 Å². The van der Waals surface area contributed by atoms with Gasteiger partial charge in [0, 0.05) is 11.9 Å². The lowest BCUT2D eigenvalue weighted by Crippen LogP contribution is -2.25. The molecule has 0 aliphatic rings. The zero-order valence-corrected chi connectivity index (χ0v) is 17.1. The normalized spacial score (nSPS) is 10.9. The van der Waals surface area contributed by atoms with E-state index in [4.69, 9.17) is 13.9 Å². The molecule has 2 heterocycles. The smallest absolute Gasteiger partial charge is 0.268 e. The number of fused-ring (bicyclic) bond motifs is 1. The second kappa shape index (κ2) is 8.78. The van der Waals surface area contributed by atoms with E-state index in [0.29, 0.717) is 31.2 Å². The number of carbonyl (C=O) groups excluding carboxylic acids is 1. The Kier molecular flexibility index (Phi) is 5.75. The van der Waals surface area contributed by atoms with Crippen LogP contribution in [0.5, 0.6) is 11.5 Å². The molecule has 0 saturated carbocycles. The molecule has 0 saturated heterocycles. The number of nitrogens with zero attached hydrogens (tertiary/aromatic N) is 1. The molecule has 4 rings (SSSR count). The lowest BCUT2D eigenvalue weighted by molar-refractivity contribution is 0.0939. The molecule has 0 unspecified atom stereocenters. The lowest BCUT2D eigenvalue weighted by atomic mass is 10.2. The minimum atomic E-state index is -0.173. The molecular weight excluding hydrogens is 380 g/mol. The van der Waals surface area contributed by atoms with Crippen molar-refractivity contribution in [3.63, 3.8) is 0 Å². The highest BCUT2D eigenvalue weighted by Crippen LogP contribution is 2.30. The monoisotopic (exact) mass is 404 g/mol. The van der Waals surface area contributed by atoms with Crippen molar-refractivity contribution in [2.75, 3.05) is 13.7 Å². The van der Waals surface area contributed by atoms with Crippen LogP contribution in [0.4, 0.5) is 0 Å². The van der Waals surface area contributed by atoms with Gasteiger partial charge in [-0.15, -0.1) is 0 Å². The third kappa shape index (κ3) is 4.03. The zero-order chi connectivity index (χ0) is 20.9. The first kappa shape index (κ1) is 19.6. The summed E-state index contributed by atoms with van der Waals surface area (Å²) < 4.78 is 18.5. The average molecular weight is 404 g/mol. The topological polar surface area (TPSA) is 65.6 Å². The van der Waals surface area contributed by atoms with Crippen molar-refractivity contribution in [3.05, 3.63) is 83.9 Å². The highest BCUT2D eigenvalue weighted by atomic mass is 16.5. The van der Waals surface area contributed by atoms with E-state index >= 15 is 0 Å². The van der Waals surface area contributed by atoms with Crippen LogP contribution in [-0.2, 0) is 13.1 Å². The number of rotatable bonds is 8. The number of nitrogens with one attached hydrogen (secondary N) is 1. The van der Waals surface area contributed by atoms with Crippen molar-refractivity contribution >= 4 is 16.8 Å². The van der Waals surface area contributed by atoms with Crippen molar-refractivity contribution < 1.29 is 18.7 Å². The van der Waals surface area contributed by atoms with Crippen molar-refractivity contribution in [1.82, 2.24) is 9.88 Å². The van der Waals surface area contributed by atoms with Crippen LogP contribution in [0.15, 0.2) is 71.3 Å². The molecule has 2 aromatic heterocycles. The Morgan fingerprint density at radius 1 is 1.10 bits per heavy atom. The Labute approximate surface area is 175 Å². The molecular formula is C24H24N2O4. The van der Waals surface area contributed by atoms with E-state index in [1.165, 1.54) is 0 Å². The fourth-order valence-corrected chi connectivity index (χ4v) is 3.52. The molecule has 0 aliphatic carbocycles. The average Bonchev–Trinajstić information content (AvgIpc) is 3.41. The summed E-state index contributed by atoms with van der Waals surface area (Å²) in [4.78, 5) is 13.1. The van der Waals surface area contributed by atoms with Gasteiger partial charge in [0.05, 0.1) is 32.0 Å². The maximum absolute atomic E-state index is 13.1.